The van der Waals surface area contributed by atoms with Gasteiger partial charge in [-0.25, -0.2) is 0 Å². The number of anilines is 1. The van der Waals surface area contributed by atoms with E-state index in [9.17, 15) is 9.59 Å². The number of carbonyl (C=O) groups is 2. The third-order valence-corrected chi connectivity index (χ3v) is 7.67. The van der Waals surface area contributed by atoms with Crippen molar-refractivity contribution in [2.45, 2.75) is 44.4 Å². The number of Topliss-reactive ketones (excluding diaryl/α,β-unsaturated/α-hetero) is 1. The number of allylic oxidation sites excluding steroid dienone is 2. The topological polar surface area (TPSA) is 77.5 Å². The summed E-state index contributed by atoms with van der Waals surface area (Å²) >= 11 is 0. The van der Waals surface area contributed by atoms with E-state index in [1.807, 2.05) is 49.4 Å². The molecule has 39 heavy (non-hydrogen) atoms. The number of ether oxygens (including phenoxy) is 2. The van der Waals surface area contributed by atoms with E-state index in [0.717, 1.165) is 45.4 Å². The zero-order valence-electron chi connectivity index (χ0n) is 22.1. The number of methoxy groups -OCH3 is 1. The van der Waals surface area contributed by atoms with Crippen molar-refractivity contribution in [1.29, 1.82) is 0 Å². The van der Waals surface area contributed by atoms with E-state index >= 15 is 0 Å². The minimum absolute atomic E-state index is 0.115. The van der Waals surface area contributed by atoms with Crippen molar-refractivity contribution >= 4 is 28.3 Å². The van der Waals surface area contributed by atoms with Crippen LogP contribution in [0, 0.1) is 0 Å². The smallest absolute Gasteiger partial charge is 0.311 e. The molecule has 0 spiro atoms. The van der Waals surface area contributed by atoms with Gasteiger partial charge in [-0.2, -0.15) is 0 Å². The molecule has 1 aliphatic carbocycles. The van der Waals surface area contributed by atoms with Crippen LogP contribution in [0.1, 0.15) is 61.1 Å². The van der Waals surface area contributed by atoms with E-state index in [1.165, 1.54) is 5.56 Å². The number of carbonyl (C=O) groups excluding carboxylic acids is 2. The summed E-state index contributed by atoms with van der Waals surface area (Å²) in [5.41, 5.74) is 6.67. The molecule has 6 nitrogen and oxygen atoms in total. The molecule has 0 radical (unpaired) electrons. The van der Waals surface area contributed by atoms with Gasteiger partial charge in [0.1, 0.15) is 0 Å². The van der Waals surface area contributed by atoms with Gasteiger partial charge in [0.15, 0.2) is 17.3 Å². The highest BCUT2D eigenvalue weighted by Gasteiger charge is 2.39. The summed E-state index contributed by atoms with van der Waals surface area (Å²) in [4.78, 5) is 30.8. The molecule has 2 atom stereocenters. The van der Waals surface area contributed by atoms with Crippen LogP contribution >= 0.6 is 0 Å². The van der Waals surface area contributed by atoms with Crippen molar-refractivity contribution in [2.24, 2.45) is 0 Å². The Labute approximate surface area is 227 Å². The molecule has 4 aromatic rings. The highest BCUT2D eigenvalue weighted by atomic mass is 16.6. The summed E-state index contributed by atoms with van der Waals surface area (Å²) in [7, 11) is 1.56. The maximum atomic E-state index is 14.0. The summed E-state index contributed by atoms with van der Waals surface area (Å²) in [6.07, 6.45) is 4.01. The molecule has 2 aliphatic rings. The predicted molar refractivity (Wildman–Crippen MR) is 151 cm³/mol. The van der Waals surface area contributed by atoms with Crippen LogP contribution in [-0.4, -0.2) is 23.8 Å². The van der Waals surface area contributed by atoms with Crippen LogP contribution in [0.5, 0.6) is 11.5 Å². The van der Waals surface area contributed by atoms with Gasteiger partial charge < -0.3 is 14.8 Å². The number of fused-ring (bicyclic) bond motifs is 3. The zero-order chi connectivity index (χ0) is 26.9. The van der Waals surface area contributed by atoms with Crippen molar-refractivity contribution in [3.8, 4) is 11.5 Å². The van der Waals surface area contributed by atoms with Gasteiger partial charge in [-0.1, -0.05) is 49.4 Å². The second-order valence-electron chi connectivity index (χ2n) is 10.1. The van der Waals surface area contributed by atoms with Gasteiger partial charge in [0, 0.05) is 47.3 Å². The van der Waals surface area contributed by atoms with E-state index in [0.29, 0.717) is 30.8 Å². The molecule has 0 amide bonds. The Morgan fingerprint density at radius 2 is 1.82 bits per heavy atom. The standard InChI is InChI=1S/C33H30N2O4/c1-3-8-30(37)39-28-15-12-21(19-29(28)38-2)31-32-23-11-7-16-34-24(23)13-14-25(32)35-26-17-22(18-27(36)33(26)31)20-9-5-4-6-10-20/h4-7,9-16,19,22,31,35H,3,8,17-18H2,1-2H3. The molecule has 1 aromatic heterocycles. The Morgan fingerprint density at radius 1 is 0.974 bits per heavy atom. The molecule has 3 aromatic carbocycles. The first-order valence-electron chi connectivity index (χ1n) is 13.4. The zero-order valence-corrected chi connectivity index (χ0v) is 22.1. The fourth-order valence-corrected chi connectivity index (χ4v) is 5.91. The number of nitrogens with zero attached hydrogens (tertiary/aromatic N) is 1. The lowest BCUT2D eigenvalue weighted by atomic mass is 9.71. The highest BCUT2D eigenvalue weighted by molar-refractivity contribution is 6.04. The Hall–Kier alpha value is -4.45. The van der Waals surface area contributed by atoms with E-state index in [1.54, 1.807) is 19.4 Å². The first kappa shape index (κ1) is 24.9. The third kappa shape index (κ3) is 4.56. The number of hydrogen-bond donors (Lipinski definition) is 1. The quantitative estimate of drug-likeness (QED) is 0.221. The summed E-state index contributed by atoms with van der Waals surface area (Å²) < 4.78 is 11.2. The van der Waals surface area contributed by atoms with Crippen molar-refractivity contribution in [1.82, 2.24) is 4.98 Å². The molecule has 0 saturated heterocycles. The highest BCUT2D eigenvalue weighted by Crippen LogP contribution is 2.50. The van der Waals surface area contributed by atoms with Crippen molar-refractivity contribution in [3.05, 3.63) is 107 Å². The number of pyridine rings is 1. The number of benzene rings is 3. The van der Waals surface area contributed by atoms with Crippen LogP contribution in [0.3, 0.4) is 0 Å². The van der Waals surface area contributed by atoms with Crippen LogP contribution < -0.4 is 14.8 Å². The molecular formula is C33H30N2O4. The third-order valence-electron chi connectivity index (χ3n) is 7.67. The molecule has 0 saturated carbocycles. The van der Waals surface area contributed by atoms with Crippen LogP contribution in [0.2, 0.25) is 0 Å². The second kappa shape index (κ2) is 10.4. The van der Waals surface area contributed by atoms with Gasteiger partial charge in [0.05, 0.1) is 12.6 Å². The average Bonchev–Trinajstić information content (AvgIpc) is 2.96. The van der Waals surface area contributed by atoms with Gasteiger partial charge in [-0.05, 0) is 65.8 Å². The van der Waals surface area contributed by atoms with E-state index < -0.39 is 0 Å². The average molecular weight is 519 g/mol. The molecule has 6 heteroatoms. The number of hydrogen-bond acceptors (Lipinski definition) is 6. The Bertz CT molecular complexity index is 1610. The first-order chi connectivity index (χ1) is 19.1. The van der Waals surface area contributed by atoms with Crippen molar-refractivity contribution < 1.29 is 19.1 Å². The second-order valence-corrected chi connectivity index (χ2v) is 10.1. The maximum Gasteiger partial charge on any atom is 0.311 e. The van der Waals surface area contributed by atoms with E-state index in [4.69, 9.17) is 9.47 Å². The maximum absolute atomic E-state index is 14.0. The largest absolute Gasteiger partial charge is 0.493 e. The van der Waals surface area contributed by atoms with Gasteiger partial charge >= 0.3 is 5.97 Å². The number of ketones is 1. The monoisotopic (exact) mass is 518 g/mol. The molecule has 0 fully saturated rings. The summed E-state index contributed by atoms with van der Waals surface area (Å²) in [5.74, 6) is 0.468. The number of nitrogens with one attached hydrogen (secondary N) is 1. The van der Waals surface area contributed by atoms with Crippen LogP contribution in [-0.2, 0) is 9.59 Å². The molecule has 1 N–H and O–H groups in total. The Morgan fingerprint density at radius 3 is 2.62 bits per heavy atom. The van der Waals surface area contributed by atoms with Gasteiger partial charge in [-0.15, -0.1) is 0 Å². The van der Waals surface area contributed by atoms with Crippen LogP contribution in [0.4, 0.5) is 5.69 Å². The Kier molecular flexibility index (Phi) is 6.61. The summed E-state index contributed by atoms with van der Waals surface area (Å²) in [6.45, 7) is 1.93. The predicted octanol–water partition coefficient (Wildman–Crippen LogP) is 6.91. The number of esters is 1. The van der Waals surface area contributed by atoms with Gasteiger partial charge in [0.25, 0.3) is 0 Å². The minimum Gasteiger partial charge on any atom is -0.493 e. The normalized spacial score (nSPS) is 18.3. The van der Waals surface area contributed by atoms with Gasteiger partial charge in [0.2, 0.25) is 0 Å². The van der Waals surface area contributed by atoms with Crippen molar-refractivity contribution in [3.63, 3.8) is 0 Å². The Balaban J connectivity index is 1.50. The lowest BCUT2D eigenvalue weighted by molar-refractivity contribution is -0.134. The lowest BCUT2D eigenvalue weighted by Crippen LogP contribution is -2.30. The van der Waals surface area contributed by atoms with E-state index in [-0.39, 0.29) is 23.6 Å². The number of aromatic nitrogens is 1. The lowest BCUT2D eigenvalue weighted by Gasteiger charge is -2.37. The minimum atomic E-state index is -0.317. The van der Waals surface area contributed by atoms with Crippen molar-refractivity contribution in [2.75, 3.05) is 12.4 Å². The fraction of sp³-hybridized carbons (Fsp3) is 0.242. The molecule has 1 aliphatic heterocycles. The molecular weight excluding hydrogens is 488 g/mol. The molecule has 2 heterocycles. The first-order valence-corrected chi connectivity index (χ1v) is 13.4. The summed E-state index contributed by atoms with van der Waals surface area (Å²) in [5, 5.41) is 4.63. The number of rotatable bonds is 6. The summed E-state index contributed by atoms with van der Waals surface area (Å²) in [6, 6.07) is 23.9. The van der Waals surface area contributed by atoms with Gasteiger partial charge in [-0.3, -0.25) is 14.6 Å². The fourth-order valence-electron chi connectivity index (χ4n) is 5.91. The molecule has 196 valence electrons. The van der Waals surface area contributed by atoms with E-state index in [2.05, 4.69) is 34.6 Å². The SMILES string of the molecule is CCCC(=O)Oc1ccc(C2C3=C(CC(c4ccccc4)CC3=O)Nc3ccc4ncccc4c32)cc1OC. The van der Waals surface area contributed by atoms with Crippen LogP contribution in [0.25, 0.3) is 10.9 Å². The van der Waals surface area contributed by atoms with Crippen LogP contribution in [0.15, 0.2) is 90.3 Å². The molecule has 0 bridgehead atoms. The molecule has 2 unspecified atom stereocenters. The molecule has 6 rings (SSSR count).